The van der Waals surface area contributed by atoms with Gasteiger partial charge in [-0.25, -0.2) is 0 Å². The van der Waals surface area contributed by atoms with Gasteiger partial charge in [0.15, 0.2) is 0 Å². The number of hydrogen-bond donors (Lipinski definition) is 1. The molecule has 0 spiro atoms. The number of aromatic nitrogens is 2. The minimum absolute atomic E-state index is 0.0602. The van der Waals surface area contributed by atoms with Crippen molar-refractivity contribution in [1.82, 2.24) is 9.97 Å². The summed E-state index contributed by atoms with van der Waals surface area (Å²) in [5.41, 5.74) is 1.15. The van der Waals surface area contributed by atoms with Crippen LogP contribution in [0.1, 0.15) is 0 Å². The summed E-state index contributed by atoms with van der Waals surface area (Å²) < 4.78 is 0. The molecule has 0 saturated carbocycles. The van der Waals surface area contributed by atoms with Gasteiger partial charge in [-0.3, -0.25) is 15.1 Å². The maximum atomic E-state index is 10.5. The molecule has 0 aliphatic heterocycles. The van der Waals surface area contributed by atoms with Crippen LogP contribution >= 0.6 is 0 Å². The molecule has 0 aliphatic rings. The summed E-state index contributed by atoms with van der Waals surface area (Å²) in [5.74, 6) is 0. The maximum absolute atomic E-state index is 10.5. The minimum Gasteiger partial charge on any atom is -0.354 e. The summed E-state index contributed by atoms with van der Waals surface area (Å²) in [7, 11) is 0. The third-order valence-corrected chi connectivity index (χ3v) is 1.62. The van der Waals surface area contributed by atoms with E-state index in [0.29, 0.717) is 11.0 Å². The van der Waals surface area contributed by atoms with Gasteiger partial charge in [0, 0.05) is 18.5 Å². The fraction of sp³-hybridized carbons (Fsp3) is 0. The van der Waals surface area contributed by atoms with Crippen LogP contribution in [0, 0.1) is 10.1 Å². The Balaban J connectivity index is 2.82. The molecule has 2 aromatic heterocycles. The van der Waals surface area contributed by atoms with Crippen molar-refractivity contribution in [2.24, 2.45) is 0 Å². The summed E-state index contributed by atoms with van der Waals surface area (Å²) in [5, 5.41) is 10.5. The van der Waals surface area contributed by atoms with Crippen LogP contribution in [-0.2, 0) is 0 Å². The van der Waals surface area contributed by atoms with E-state index >= 15 is 0 Å². The van der Waals surface area contributed by atoms with Crippen LogP contribution < -0.4 is 0 Å². The highest BCUT2D eigenvalue weighted by Crippen LogP contribution is 2.20. The highest BCUT2D eigenvalue weighted by molar-refractivity contribution is 5.83. The van der Waals surface area contributed by atoms with Crippen LogP contribution in [-0.4, -0.2) is 14.9 Å². The third-order valence-electron chi connectivity index (χ3n) is 1.62. The number of pyridine rings is 1. The van der Waals surface area contributed by atoms with Gasteiger partial charge in [0.25, 0.3) is 5.69 Å². The van der Waals surface area contributed by atoms with Crippen molar-refractivity contribution in [2.45, 2.75) is 0 Å². The molecule has 5 nitrogen and oxygen atoms in total. The van der Waals surface area contributed by atoms with Gasteiger partial charge in [0.1, 0.15) is 5.52 Å². The molecule has 0 fully saturated rings. The zero-order valence-electron chi connectivity index (χ0n) is 6.02. The maximum Gasteiger partial charge on any atom is 0.296 e. The van der Waals surface area contributed by atoms with E-state index in [1.807, 2.05) is 0 Å². The van der Waals surface area contributed by atoms with Crippen molar-refractivity contribution in [1.29, 1.82) is 0 Å². The molecule has 1 N–H and O–H groups in total. The number of H-pyrrole nitrogens is 1. The lowest BCUT2D eigenvalue weighted by Gasteiger charge is -1.91. The molecule has 2 heterocycles. The van der Waals surface area contributed by atoms with E-state index < -0.39 is 4.92 Å². The molecule has 2 rings (SSSR count). The SMILES string of the molecule is O=[N+]([O-])c1ccnc2cc[nH]c12. The van der Waals surface area contributed by atoms with Gasteiger partial charge in [-0.05, 0) is 6.07 Å². The van der Waals surface area contributed by atoms with Gasteiger partial charge in [0.2, 0.25) is 0 Å². The average Bonchev–Trinajstić information content (AvgIpc) is 2.49. The molecule has 0 aromatic carbocycles. The van der Waals surface area contributed by atoms with E-state index in [9.17, 15) is 10.1 Å². The normalized spacial score (nSPS) is 10.3. The van der Waals surface area contributed by atoms with E-state index in [1.54, 1.807) is 12.3 Å². The number of aromatic amines is 1. The van der Waals surface area contributed by atoms with Crippen LogP contribution in [0.15, 0.2) is 24.5 Å². The van der Waals surface area contributed by atoms with Crippen LogP contribution in [0.2, 0.25) is 0 Å². The van der Waals surface area contributed by atoms with E-state index in [-0.39, 0.29) is 5.69 Å². The fourth-order valence-corrected chi connectivity index (χ4v) is 1.10. The second-order valence-electron chi connectivity index (χ2n) is 2.33. The molecule has 0 saturated heterocycles. The minimum atomic E-state index is -0.430. The molecule has 0 bridgehead atoms. The predicted molar refractivity (Wildman–Crippen MR) is 42.7 cm³/mol. The second kappa shape index (κ2) is 2.30. The highest BCUT2D eigenvalue weighted by atomic mass is 16.6. The van der Waals surface area contributed by atoms with Crippen LogP contribution in [0.3, 0.4) is 0 Å². The van der Waals surface area contributed by atoms with Crippen molar-refractivity contribution >= 4 is 16.7 Å². The van der Waals surface area contributed by atoms with E-state index in [4.69, 9.17) is 0 Å². The van der Waals surface area contributed by atoms with Gasteiger partial charge in [-0.2, -0.15) is 0 Å². The van der Waals surface area contributed by atoms with Gasteiger partial charge in [-0.15, -0.1) is 0 Å². The largest absolute Gasteiger partial charge is 0.354 e. The molecule has 2 aromatic rings. The highest BCUT2D eigenvalue weighted by Gasteiger charge is 2.11. The number of hydrogen-bond acceptors (Lipinski definition) is 3. The molecule has 12 heavy (non-hydrogen) atoms. The van der Waals surface area contributed by atoms with E-state index in [0.717, 1.165) is 0 Å². The monoisotopic (exact) mass is 163 g/mol. The number of nitrogens with zero attached hydrogens (tertiary/aromatic N) is 2. The lowest BCUT2D eigenvalue weighted by Crippen LogP contribution is -1.89. The Kier molecular flexibility index (Phi) is 1.30. The predicted octanol–water partition coefficient (Wildman–Crippen LogP) is 1.47. The van der Waals surface area contributed by atoms with E-state index in [1.165, 1.54) is 12.3 Å². The number of nitro groups is 1. The van der Waals surface area contributed by atoms with Crippen LogP contribution in [0.5, 0.6) is 0 Å². The summed E-state index contributed by atoms with van der Waals surface area (Å²) in [6.45, 7) is 0. The Labute approximate surface area is 67.2 Å². The van der Waals surface area contributed by atoms with Crippen molar-refractivity contribution < 1.29 is 4.92 Å². The van der Waals surface area contributed by atoms with Crippen molar-refractivity contribution in [3.63, 3.8) is 0 Å². The molecule has 0 radical (unpaired) electrons. The lowest BCUT2D eigenvalue weighted by atomic mass is 10.3. The first-order valence-electron chi connectivity index (χ1n) is 3.35. The van der Waals surface area contributed by atoms with Gasteiger partial charge >= 0.3 is 0 Å². The molecule has 0 amide bonds. The second-order valence-corrected chi connectivity index (χ2v) is 2.33. The van der Waals surface area contributed by atoms with Crippen molar-refractivity contribution in [2.75, 3.05) is 0 Å². The standard InChI is InChI=1S/C7H5N3O2/c11-10(12)6-2-4-8-5-1-3-9-7(5)6/h1-4,9H. The van der Waals surface area contributed by atoms with Crippen LogP contribution in [0.4, 0.5) is 5.69 Å². The van der Waals surface area contributed by atoms with E-state index in [2.05, 4.69) is 9.97 Å². The summed E-state index contributed by atoms with van der Waals surface area (Å²) in [6.07, 6.45) is 3.05. The third kappa shape index (κ3) is 0.833. The van der Waals surface area contributed by atoms with Crippen LogP contribution in [0.25, 0.3) is 11.0 Å². The number of nitrogens with one attached hydrogen (secondary N) is 1. The Morgan fingerprint density at radius 3 is 3.08 bits per heavy atom. The Hall–Kier alpha value is -1.91. The number of rotatable bonds is 1. The van der Waals surface area contributed by atoms with Gasteiger partial charge in [0.05, 0.1) is 10.4 Å². The lowest BCUT2D eigenvalue weighted by molar-refractivity contribution is -0.383. The number of fused-ring (bicyclic) bond motifs is 1. The van der Waals surface area contributed by atoms with Gasteiger partial charge < -0.3 is 4.98 Å². The topological polar surface area (TPSA) is 71.8 Å². The fourth-order valence-electron chi connectivity index (χ4n) is 1.10. The summed E-state index contributed by atoms with van der Waals surface area (Å²) >= 11 is 0. The first-order chi connectivity index (χ1) is 5.79. The Morgan fingerprint density at radius 2 is 2.33 bits per heavy atom. The Morgan fingerprint density at radius 1 is 1.50 bits per heavy atom. The smallest absolute Gasteiger partial charge is 0.296 e. The average molecular weight is 163 g/mol. The molecular formula is C7H5N3O2. The molecule has 0 unspecified atom stereocenters. The Bertz CT molecular complexity index is 435. The van der Waals surface area contributed by atoms with Gasteiger partial charge in [-0.1, -0.05) is 0 Å². The van der Waals surface area contributed by atoms with Crippen molar-refractivity contribution in [3.05, 3.63) is 34.6 Å². The first kappa shape index (κ1) is 6.78. The molecule has 0 atom stereocenters. The zero-order chi connectivity index (χ0) is 8.55. The van der Waals surface area contributed by atoms with Crippen molar-refractivity contribution in [3.8, 4) is 0 Å². The molecule has 60 valence electrons. The molecule has 0 aliphatic carbocycles. The zero-order valence-corrected chi connectivity index (χ0v) is 6.02. The first-order valence-corrected chi connectivity index (χ1v) is 3.35. The molecule has 5 heteroatoms. The molecular weight excluding hydrogens is 158 g/mol. The quantitative estimate of drug-likeness (QED) is 0.511. The summed E-state index contributed by atoms with van der Waals surface area (Å²) in [4.78, 5) is 16.8. The summed E-state index contributed by atoms with van der Waals surface area (Å²) in [6, 6.07) is 3.07.